The maximum absolute atomic E-state index is 13.3. The standard InChI is InChI=1S/C28H33N3O6S/c1-22(9-6-7-13-27(32)30-20-23-10-4-3-5-11-23)28(33)37-31(21-24-12-8-18-29-19-24)38(34,35)26-16-14-25(36-2)15-17-26/h3-5,8,10-12,14-19,22H,6-7,9,13,20-21H2,1-2H3,(H,30,32)/t22-/m1/s1. The van der Waals surface area contributed by atoms with E-state index < -0.39 is 21.9 Å². The van der Waals surface area contributed by atoms with Gasteiger partial charge in [0.25, 0.3) is 10.0 Å². The molecule has 0 bridgehead atoms. The molecule has 202 valence electrons. The molecule has 1 aromatic heterocycles. The molecule has 0 unspecified atom stereocenters. The molecule has 0 saturated carbocycles. The van der Waals surface area contributed by atoms with E-state index in [-0.39, 0.29) is 17.3 Å². The Kier molecular flexibility index (Phi) is 10.8. The van der Waals surface area contributed by atoms with Crippen molar-refractivity contribution in [2.45, 2.75) is 50.6 Å². The summed E-state index contributed by atoms with van der Waals surface area (Å²) in [6.07, 6.45) is 5.09. The van der Waals surface area contributed by atoms with Gasteiger partial charge in [0.1, 0.15) is 5.75 Å². The Morgan fingerprint density at radius 1 is 0.974 bits per heavy atom. The van der Waals surface area contributed by atoms with Gasteiger partial charge in [0, 0.05) is 25.4 Å². The first-order chi connectivity index (χ1) is 18.3. The van der Waals surface area contributed by atoms with E-state index in [4.69, 9.17) is 9.57 Å². The summed E-state index contributed by atoms with van der Waals surface area (Å²) in [6, 6.07) is 18.9. The van der Waals surface area contributed by atoms with E-state index in [1.165, 1.54) is 37.6 Å². The Hall–Kier alpha value is -3.76. The van der Waals surface area contributed by atoms with Gasteiger partial charge in [0.2, 0.25) is 5.91 Å². The van der Waals surface area contributed by atoms with Crippen LogP contribution >= 0.6 is 0 Å². The second-order valence-electron chi connectivity index (χ2n) is 8.82. The van der Waals surface area contributed by atoms with Gasteiger partial charge >= 0.3 is 5.97 Å². The number of sulfonamides is 1. The SMILES string of the molecule is COc1ccc(S(=O)(=O)N(Cc2cccnc2)OC(=O)[C@H](C)CCCCC(=O)NCc2ccccc2)cc1. The van der Waals surface area contributed by atoms with Gasteiger partial charge in [-0.25, -0.2) is 8.42 Å². The molecular weight excluding hydrogens is 506 g/mol. The number of aromatic nitrogens is 1. The predicted molar refractivity (Wildman–Crippen MR) is 142 cm³/mol. The molecule has 0 spiro atoms. The number of carbonyl (C=O) groups excluding carboxylic acids is 2. The molecule has 3 rings (SSSR count). The first kappa shape index (κ1) is 28.8. The summed E-state index contributed by atoms with van der Waals surface area (Å²) in [5.74, 6) is -0.788. The summed E-state index contributed by atoms with van der Waals surface area (Å²) in [6.45, 7) is 1.96. The number of methoxy groups -OCH3 is 1. The number of ether oxygens (including phenoxy) is 1. The molecule has 3 aromatic rings. The van der Waals surface area contributed by atoms with E-state index in [0.29, 0.717) is 48.0 Å². The van der Waals surface area contributed by atoms with Crippen LogP contribution < -0.4 is 10.1 Å². The Bertz CT molecular complexity index is 1270. The summed E-state index contributed by atoms with van der Waals surface area (Å²) in [5, 5.41) is 2.88. The molecule has 0 aliphatic carbocycles. The Balaban J connectivity index is 1.55. The highest BCUT2D eigenvalue weighted by molar-refractivity contribution is 7.89. The number of hydroxylamine groups is 1. The smallest absolute Gasteiger partial charge is 0.329 e. The number of nitrogens with one attached hydrogen (secondary N) is 1. The number of carbonyl (C=O) groups is 2. The summed E-state index contributed by atoms with van der Waals surface area (Å²) < 4.78 is 32.5. The van der Waals surface area contributed by atoms with Gasteiger partial charge < -0.3 is 14.9 Å². The number of benzene rings is 2. The minimum Gasteiger partial charge on any atom is -0.497 e. The minimum atomic E-state index is -4.16. The second-order valence-corrected chi connectivity index (χ2v) is 10.7. The lowest BCUT2D eigenvalue weighted by Crippen LogP contribution is -2.35. The monoisotopic (exact) mass is 539 g/mol. The van der Waals surface area contributed by atoms with Crippen LogP contribution in [0, 0.1) is 5.92 Å². The van der Waals surface area contributed by atoms with Crippen LogP contribution in [0.3, 0.4) is 0 Å². The topological polar surface area (TPSA) is 115 Å². The number of unbranched alkanes of at least 4 members (excludes halogenated alkanes) is 1. The maximum atomic E-state index is 13.3. The Labute approximate surface area is 223 Å². The van der Waals surface area contributed by atoms with Crippen LogP contribution in [0.15, 0.2) is 84.0 Å². The van der Waals surface area contributed by atoms with Crippen LogP contribution in [-0.2, 0) is 37.5 Å². The molecule has 38 heavy (non-hydrogen) atoms. The number of nitrogens with zero attached hydrogens (tertiary/aromatic N) is 2. The van der Waals surface area contributed by atoms with E-state index in [1.54, 1.807) is 25.3 Å². The fourth-order valence-corrected chi connectivity index (χ4v) is 4.81. The third-order valence-electron chi connectivity index (χ3n) is 5.88. The third-order valence-corrected chi connectivity index (χ3v) is 7.49. The van der Waals surface area contributed by atoms with Gasteiger partial charge in [-0.15, -0.1) is 0 Å². The highest BCUT2D eigenvalue weighted by Gasteiger charge is 2.30. The van der Waals surface area contributed by atoms with Gasteiger partial charge in [0.05, 0.1) is 24.5 Å². The average molecular weight is 540 g/mol. The van der Waals surface area contributed by atoms with E-state index in [1.807, 2.05) is 30.3 Å². The molecule has 1 N–H and O–H groups in total. The number of rotatable bonds is 14. The fourth-order valence-electron chi connectivity index (χ4n) is 3.60. The molecule has 0 aliphatic rings. The van der Waals surface area contributed by atoms with Gasteiger partial charge in [0.15, 0.2) is 0 Å². The van der Waals surface area contributed by atoms with Gasteiger partial charge in [-0.1, -0.05) is 49.7 Å². The van der Waals surface area contributed by atoms with Crippen molar-refractivity contribution in [2.24, 2.45) is 5.92 Å². The van der Waals surface area contributed by atoms with Crippen LogP contribution in [0.5, 0.6) is 5.75 Å². The molecule has 1 heterocycles. The zero-order chi connectivity index (χ0) is 27.4. The molecule has 0 aliphatic heterocycles. The van der Waals surface area contributed by atoms with E-state index >= 15 is 0 Å². The molecule has 0 fully saturated rings. The van der Waals surface area contributed by atoms with E-state index in [0.717, 1.165) is 5.56 Å². The lowest BCUT2D eigenvalue weighted by molar-refractivity contribution is -0.176. The largest absolute Gasteiger partial charge is 0.497 e. The lowest BCUT2D eigenvalue weighted by atomic mass is 10.0. The van der Waals surface area contributed by atoms with Crippen molar-refractivity contribution in [3.63, 3.8) is 0 Å². The first-order valence-corrected chi connectivity index (χ1v) is 13.8. The highest BCUT2D eigenvalue weighted by Crippen LogP contribution is 2.23. The molecule has 9 nitrogen and oxygen atoms in total. The van der Waals surface area contributed by atoms with Crippen molar-refractivity contribution in [1.82, 2.24) is 14.8 Å². The van der Waals surface area contributed by atoms with Crippen molar-refractivity contribution >= 4 is 21.9 Å². The molecule has 10 heteroatoms. The van der Waals surface area contributed by atoms with Gasteiger partial charge in [-0.2, -0.15) is 0 Å². The molecular formula is C28H33N3O6S. The Morgan fingerprint density at radius 3 is 2.34 bits per heavy atom. The summed E-state index contributed by atoms with van der Waals surface area (Å²) in [7, 11) is -2.68. The zero-order valence-electron chi connectivity index (χ0n) is 21.6. The van der Waals surface area contributed by atoms with Crippen LogP contribution in [-0.4, -0.2) is 36.9 Å². The third kappa shape index (κ3) is 8.67. The normalized spacial score (nSPS) is 12.1. The summed E-state index contributed by atoms with van der Waals surface area (Å²) in [5.41, 5.74) is 1.59. The summed E-state index contributed by atoms with van der Waals surface area (Å²) >= 11 is 0. The summed E-state index contributed by atoms with van der Waals surface area (Å²) in [4.78, 5) is 34.4. The number of hydrogen-bond donors (Lipinski definition) is 1. The maximum Gasteiger partial charge on any atom is 0.329 e. The van der Waals surface area contributed by atoms with E-state index in [9.17, 15) is 18.0 Å². The fraction of sp³-hybridized carbons (Fsp3) is 0.321. The quantitative estimate of drug-likeness (QED) is 0.241. The van der Waals surface area contributed by atoms with Gasteiger partial charge in [-0.3, -0.25) is 14.6 Å². The molecule has 1 atom stereocenters. The average Bonchev–Trinajstić information content (AvgIpc) is 2.94. The Morgan fingerprint density at radius 2 is 1.68 bits per heavy atom. The van der Waals surface area contributed by atoms with Crippen LogP contribution in [0.1, 0.15) is 43.7 Å². The molecule has 0 radical (unpaired) electrons. The van der Waals surface area contributed by atoms with Crippen molar-refractivity contribution in [1.29, 1.82) is 0 Å². The number of amides is 1. The number of pyridine rings is 1. The van der Waals surface area contributed by atoms with Crippen LogP contribution in [0.4, 0.5) is 0 Å². The van der Waals surface area contributed by atoms with Crippen molar-refractivity contribution < 1.29 is 27.6 Å². The molecule has 2 aromatic carbocycles. The van der Waals surface area contributed by atoms with Crippen LogP contribution in [0.25, 0.3) is 0 Å². The van der Waals surface area contributed by atoms with Crippen molar-refractivity contribution in [3.05, 3.63) is 90.3 Å². The number of hydrogen-bond acceptors (Lipinski definition) is 7. The lowest BCUT2D eigenvalue weighted by Gasteiger charge is -2.22. The predicted octanol–water partition coefficient (Wildman–Crippen LogP) is 4.25. The minimum absolute atomic E-state index is 0.0378. The van der Waals surface area contributed by atoms with Crippen molar-refractivity contribution in [2.75, 3.05) is 7.11 Å². The molecule has 1 amide bonds. The second kappa shape index (κ2) is 14.3. The zero-order valence-corrected chi connectivity index (χ0v) is 22.4. The molecule has 0 saturated heterocycles. The van der Waals surface area contributed by atoms with Gasteiger partial charge in [-0.05, 0) is 58.8 Å². The van der Waals surface area contributed by atoms with Crippen molar-refractivity contribution in [3.8, 4) is 5.75 Å². The highest BCUT2D eigenvalue weighted by atomic mass is 32.2. The van der Waals surface area contributed by atoms with E-state index in [2.05, 4.69) is 10.3 Å². The van der Waals surface area contributed by atoms with Crippen LogP contribution in [0.2, 0.25) is 0 Å². The first-order valence-electron chi connectivity index (χ1n) is 12.4.